The van der Waals surface area contributed by atoms with Crippen LogP contribution in [-0.4, -0.2) is 32.7 Å². The van der Waals surface area contributed by atoms with Gasteiger partial charge < -0.3 is 5.11 Å². The van der Waals surface area contributed by atoms with Crippen LogP contribution in [0.1, 0.15) is 25.8 Å². The highest BCUT2D eigenvalue weighted by Crippen LogP contribution is 2.41. The molecular weight excluding hydrogens is 411 g/mol. The quantitative estimate of drug-likeness (QED) is 0.559. The van der Waals surface area contributed by atoms with Gasteiger partial charge in [-0.2, -0.15) is 13.2 Å². The zero-order valence-electron chi connectivity index (χ0n) is 15.3. The third-order valence-corrected chi connectivity index (χ3v) is 5.79. The number of aryl methyl sites for hydroxylation is 1. The SMILES string of the molecule is CC(C)(c1ccc(-c2nc(-c3ccc(Cl)s3)nn2CCCO)cc1)C(F)(F)F. The molecule has 0 atom stereocenters. The van der Waals surface area contributed by atoms with Crippen molar-refractivity contribution in [3.63, 3.8) is 0 Å². The number of alkyl halides is 3. The molecule has 1 N–H and O–H groups in total. The van der Waals surface area contributed by atoms with Crippen LogP contribution in [0.25, 0.3) is 22.1 Å². The van der Waals surface area contributed by atoms with Gasteiger partial charge in [-0.05, 0) is 38.0 Å². The van der Waals surface area contributed by atoms with Crippen molar-refractivity contribution in [1.29, 1.82) is 0 Å². The number of halogens is 4. The summed E-state index contributed by atoms with van der Waals surface area (Å²) in [7, 11) is 0. The van der Waals surface area contributed by atoms with Gasteiger partial charge in [-0.25, -0.2) is 9.67 Å². The Morgan fingerprint density at radius 1 is 1.11 bits per heavy atom. The van der Waals surface area contributed by atoms with E-state index in [0.717, 1.165) is 18.7 Å². The van der Waals surface area contributed by atoms with Crippen LogP contribution in [0.5, 0.6) is 0 Å². The van der Waals surface area contributed by atoms with E-state index in [1.165, 1.54) is 23.5 Å². The zero-order chi connectivity index (χ0) is 20.5. The van der Waals surface area contributed by atoms with Crippen LogP contribution in [0, 0.1) is 0 Å². The van der Waals surface area contributed by atoms with Crippen molar-refractivity contribution in [2.75, 3.05) is 6.61 Å². The first-order chi connectivity index (χ1) is 13.1. The van der Waals surface area contributed by atoms with Crippen LogP contribution in [0.3, 0.4) is 0 Å². The van der Waals surface area contributed by atoms with E-state index in [4.69, 9.17) is 16.7 Å². The van der Waals surface area contributed by atoms with Crippen LogP contribution in [0.15, 0.2) is 36.4 Å². The Balaban J connectivity index is 1.99. The van der Waals surface area contributed by atoms with E-state index < -0.39 is 11.6 Å². The van der Waals surface area contributed by atoms with Gasteiger partial charge in [0.25, 0.3) is 0 Å². The van der Waals surface area contributed by atoms with Crippen molar-refractivity contribution >= 4 is 22.9 Å². The summed E-state index contributed by atoms with van der Waals surface area (Å²) in [6.45, 7) is 2.75. The zero-order valence-corrected chi connectivity index (χ0v) is 16.9. The van der Waals surface area contributed by atoms with Gasteiger partial charge in [0.05, 0.1) is 14.6 Å². The molecule has 28 heavy (non-hydrogen) atoms. The number of nitrogens with zero attached hydrogens (tertiary/aromatic N) is 3. The Bertz CT molecular complexity index is 948. The molecule has 1 aromatic carbocycles. The third kappa shape index (κ3) is 4.09. The first kappa shape index (κ1) is 20.8. The van der Waals surface area contributed by atoms with Crippen LogP contribution >= 0.6 is 22.9 Å². The number of hydrogen-bond donors (Lipinski definition) is 1. The second kappa shape index (κ2) is 7.85. The molecule has 0 amide bonds. The van der Waals surface area contributed by atoms with E-state index in [1.54, 1.807) is 22.9 Å². The molecule has 0 saturated carbocycles. The lowest BCUT2D eigenvalue weighted by molar-refractivity contribution is -0.180. The predicted molar refractivity (Wildman–Crippen MR) is 105 cm³/mol. The van der Waals surface area contributed by atoms with Crippen LogP contribution in [0.2, 0.25) is 4.34 Å². The average molecular weight is 430 g/mol. The Morgan fingerprint density at radius 3 is 2.32 bits per heavy atom. The number of aromatic nitrogens is 3. The monoisotopic (exact) mass is 429 g/mol. The standard InChI is InChI=1S/C19H19ClF3N3OS/c1-18(2,19(21,22)23)13-6-4-12(5-7-13)17-24-16(14-8-9-15(20)28-14)25-26(17)10-3-11-27/h4-9,27H,3,10-11H2,1-2H3. The molecule has 3 aromatic rings. The summed E-state index contributed by atoms with van der Waals surface area (Å²) in [4.78, 5) is 5.35. The minimum absolute atomic E-state index is 0.00181. The Labute approximate surface area is 169 Å². The molecule has 0 aliphatic carbocycles. The van der Waals surface area contributed by atoms with Crippen LogP contribution in [-0.2, 0) is 12.0 Å². The summed E-state index contributed by atoms with van der Waals surface area (Å²) < 4.78 is 42.1. The number of thiophene rings is 1. The highest BCUT2D eigenvalue weighted by atomic mass is 35.5. The second-order valence-corrected chi connectivity index (χ2v) is 8.58. The van der Waals surface area contributed by atoms with Crippen molar-refractivity contribution < 1.29 is 18.3 Å². The molecule has 0 spiro atoms. The van der Waals surface area contributed by atoms with Crippen molar-refractivity contribution in [2.45, 2.75) is 38.4 Å². The fourth-order valence-corrected chi connectivity index (χ4v) is 3.64. The summed E-state index contributed by atoms with van der Waals surface area (Å²) >= 11 is 7.33. The minimum atomic E-state index is -4.35. The van der Waals surface area contributed by atoms with Crippen molar-refractivity contribution in [2.24, 2.45) is 0 Å². The molecule has 0 radical (unpaired) electrons. The summed E-state index contributed by atoms with van der Waals surface area (Å²) in [5, 5.41) is 13.6. The molecule has 150 valence electrons. The average Bonchev–Trinajstić information content (AvgIpc) is 3.25. The summed E-state index contributed by atoms with van der Waals surface area (Å²) in [5.74, 6) is 1.02. The van der Waals surface area contributed by atoms with Crippen LogP contribution in [0.4, 0.5) is 13.2 Å². The van der Waals surface area contributed by atoms with Crippen molar-refractivity contribution in [3.05, 3.63) is 46.3 Å². The molecule has 2 aromatic heterocycles. The van der Waals surface area contributed by atoms with Gasteiger partial charge in [-0.15, -0.1) is 16.4 Å². The van der Waals surface area contributed by atoms with Gasteiger partial charge in [0, 0.05) is 18.7 Å². The van der Waals surface area contributed by atoms with E-state index in [2.05, 4.69) is 10.1 Å². The van der Waals surface area contributed by atoms with Gasteiger partial charge in [-0.1, -0.05) is 35.9 Å². The van der Waals surface area contributed by atoms with Gasteiger partial charge in [0.15, 0.2) is 11.6 Å². The summed E-state index contributed by atoms with van der Waals surface area (Å²) in [6.07, 6.45) is -3.86. The fraction of sp³-hybridized carbons (Fsp3) is 0.368. The molecule has 0 fully saturated rings. The Morgan fingerprint density at radius 2 is 1.79 bits per heavy atom. The molecule has 0 saturated heterocycles. The number of aliphatic hydroxyl groups excluding tert-OH is 1. The summed E-state index contributed by atoms with van der Waals surface area (Å²) in [5.41, 5.74) is -1.12. The van der Waals surface area contributed by atoms with Gasteiger partial charge in [0.2, 0.25) is 0 Å². The van der Waals surface area contributed by atoms with Crippen molar-refractivity contribution in [1.82, 2.24) is 14.8 Å². The van der Waals surface area contributed by atoms with E-state index in [1.807, 2.05) is 6.07 Å². The minimum Gasteiger partial charge on any atom is -0.396 e. The number of benzene rings is 1. The normalized spacial score (nSPS) is 12.5. The fourth-order valence-electron chi connectivity index (χ4n) is 2.67. The van der Waals surface area contributed by atoms with Crippen LogP contribution < -0.4 is 0 Å². The molecule has 9 heteroatoms. The third-order valence-electron chi connectivity index (χ3n) is 4.57. The topological polar surface area (TPSA) is 50.9 Å². The molecule has 3 rings (SSSR count). The Hall–Kier alpha value is -1.90. The maximum absolute atomic E-state index is 13.3. The molecule has 4 nitrogen and oxygen atoms in total. The van der Waals surface area contributed by atoms with E-state index in [0.29, 0.717) is 34.5 Å². The molecule has 0 aliphatic rings. The van der Waals surface area contributed by atoms with E-state index in [9.17, 15) is 13.2 Å². The highest BCUT2D eigenvalue weighted by Gasteiger charge is 2.48. The molecule has 2 heterocycles. The molecule has 0 unspecified atom stereocenters. The summed E-state index contributed by atoms with van der Waals surface area (Å²) in [6, 6.07) is 9.74. The van der Waals surface area contributed by atoms with Gasteiger partial charge >= 0.3 is 6.18 Å². The van der Waals surface area contributed by atoms with Crippen molar-refractivity contribution in [3.8, 4) is 22.1 Å². The van der Waals surface area contributed by atoms with E-state index >= 15 is 0 Å². The lowest BCUT2D eigenvalue weighted by atomic mass is 9.83. The largest absolute Gasteiger partial charge is 0.397 e. The lowest BCUT2D eigenvalue weighted by Crippen LogP contribution is -2.36. The number of aliphatic hydroxyl groups is 1. The number of rotatable bonds is 6. The predicted octanol–water partition coefficient (Wildman–Crippen LogP) is 5.55. The lowest BCUT2D eigenvalue weighted by Gasteiger charge is -2.28. The highest BCUT2D eigenvalue weighted by molar-refractivity contribution is 7.19. The first-order valence-electron chi connectivity index (χ1n) is 8.62. The second-order valence-electron chi connectivity index (χ2n) is 6.86. The maximum Gasteiger partial charge on any atom is 0.397 e. The molecule has 0 bridgehead atoms. The first-order valence-corrected chi connectivity index (χ1v) is 9.82. The Kier molecular flexibility index (Phi) is 5.84. The number of hydrogen-bond acceptors (Lipinski definition) is 4. The van der Waals surface area contributed by atoms with Gasteiger partial charge in [-0.3, -0.25) is 0 Å². The van der Waals surface area contributed by atoms with E-state index in [-0.39, 0.29) is 12.2 Å². The smallest absolute Gasteiger partial charge is 0.396 e. The molecular formula is C19H19ClF3N3OS. The van der Waals surface area contributed by atoms with Gasteiger partial charge in [0.1, 0.15) is 0 Å². The molecule has 0 aliphatic heterocycles. The maximum atomic E-state index is 13.3.